The van der Waals surface area contributed by atoms with E-state index in [2.05, 4.69) is 27.6 Å². The van der Waals surface area contributed by atoms with Gasteiger partial charge in [0.2, 0.25) is 0 Å². The fourth-order valence-corrected chi connectivity index (χ4v) is 3.89. The first-order chi connectivity index (χ1) is 15.1. The number of nitrogens with zero attached hydrogens (tertiary/aromatic N) is 4. The molecule has 1 aliphatic heterocycles. The fraction of sp³-hybridized carbons (Fsp3) is 0.409. The summed E-state index contributed by atoms with van der Waals surface area (Å²) in [6.45, 7) is 5.59. The zero-order valence-corrected chi connectivity index (χ0v) is 17.4. The van der Waals surface area contributed by atoms with Gasteiger partial charge in [0, 0.05) is 43.5 Å². The highest BCUT2D eigenvalue weighted by atomic mass is 19.1. The second kappa shape index (κ2) is 8.14. The van der Waals surface area contributed by atoms with Gasteiger partial charge in [-0.15, -0.1) is 0 Å². The smallest absolute Gasteiger partial charge is 0.168 e. The monoisotopic (exact) mass is 423 g/mol. The van der Waals surface area contributed by atoms with E-state index in [-0.39, 0.29) is 6.04 Å². The molecule has 1 saturated carbocycles. The van der Waals surface area contributed by atoms with Crippen LogP contribution in [-0.2, 0) is 4.74 Å². The van der Waals surface area contributed by atoms with Crippen LogP contribution in [0.25, 0.3) is 11.3 Å². The van der Waals surface area contributed by atoms with E-state index in [9.17, 15) is 4.39 Å². The Labute approximate surface area is 179 Å². The molecule has 1 aliphatic carbocycles. The van der Waals surface area contributed by atoms with E-state index in [1.807, 2.05) is 31.3 Å². The summed E-state index contributed by atoms with van der Waals surface area (Å²) in [7, 11) is 1.83. The summed E-state index contributed by atoms with van der Waals surface area (Å²) >= 11 is 0. The average molecular weight is 423 g/mol. The molecule has 5 rings (SSSR count). The first-order valence-corrected chi connectivity index (χ1v) is 10.6. The van der Waals surface area contributed by atoms with Gasteiger partial charge < -0.3 is 20.7 Å². The Morgan fingerprint density at radius 3 is 2.90 bits per heavy atom. The molecule has 8 nitrogen and oxygen atoms in total. The van der Waals surface area contributed by atoms with Crippen molar-refractivity contribution in [3.8, 4) is 0 Å². The van der Waals surface area contributed by atoms with Crippen LogP contribution in [0, 0.1) is 0 Å². The number of halogens is 1. The highest BCUT2D eigenvalue weighted by molar-refractivity contribution is 5.76. The molecule has 0 spiro atoms. The maximum Gasteiger partial charge on any atom is 0.168 e. The first kappa shape index (κ1) is 19.7. The third-order valence-corrected chi connectivity index (χ3v) is 5.73. The minimum absolute atomic E-state index is 0.178. The molecule has 0 amide bonds. The molecule has 3 N–H and O–H groups in total. The predicted octanol–water partition coefficient (Wildman–Crippen LogP) is 3.47. The van der Waals surface area contributed by atoms with E-state index in [1.54, 1.807) is 10.7 Å². The highest BCUT2D eigenvalue weighted by Gasteiger charge is 2.38. The molecule has 0 unspecified atom stereocenters. The SMILES string of the molecule is C=C(N[C@H]1C[C@H]1F)c1cnn2c(NC)cc(Nc3cccc([C@H]4CCCOC4)n3)nc12. The molecule has 0 bridgehead atoms. The minimum Gasteiger partial charge on any atom is -0.381 e. The molecule has 9 heteroatoms. The minimum atomic E-state index is -0.815. The number of hydrogen-bond acceptors (Lipinski definition) is 7. The number of alkyl halides is 1. The van der Waals surface area contributed by atoms with Gasteiger partial charge in [0.15, 0.2) is 5.65 Å². The van der Waals surface area contributed by atoms with Crippen LogP contribution < -0.4 is 16.0 Å². The lowest BCUT2D eigenvalue weighted by atomic mass is 9.98. The van der Waals surface area contributed by atoms with Crippen molar-refractivity contribution in [2.75, 3.05) is 30.9 Å². The molecule has 3 atom stereocenters. The molecule has 2 aliphatic rings. The fourth-order valence-electron chi connectivity index (χ4n) is 3.89. The topological polar surface area (TPSA) is 88.4 Å². The van der Waals surface area contributed by atoms with E-state index in [0.717, 1.165) is 42.3 Å². The molecular weight excluding hydrogens is 397 g/mol. The van der Waals surface area contributed by atoms with Gasteiger partial charge in [-0.1, -0.05) is 12.6 Å². The summed E-state index contributed by atoms with van der Waals surface area (Å²) in [5, 5.41) is 14.0. The van der Waals surface area contributed by atoms with Gasteiger partial charge in [-0.3, -0.25) is 0 Å². The Bertz CT molecular complexity index is 1110. The van der Waals surface area contributed by atoms with Gasteiger partial charge >= 0.3 is 0 Å². The number of fused-ring (bicyclic) bond motifs is 1. The van der Waals surface area contributed by atoms with Crippen LogP contribution in [0.3, 0.4) is 0 Å². The molecule has 1 saturated heterocycles. The number of nitrogens with one attached hydrogen (secondary N) is 3. The summed E-state index contributed by atoms with van der Waals surface area (Å²) in [6, 6.07) is 7.65. The Kier molecular flexibility index (Phi) is 5.19. The molecule has 0 aromatic carbocycles. The van der Waals surface area contributed by atoms with Crippen LogP contribution in [0.1, 0.15) is 36.4 Å². The van der Waals surface area contributed by atoms with Crippen LogP contribution in [0.15, 0.2) is 37.0 Å². The number of aromatic nitrogens is 4. The molecule has 3 aromatic rings. The van der Waals surface area contributed by atoms with Crippen LogP contribution in [0.2, 0.25) is 0 Å². The molecule has 31 heavy (non-hydrogen) atoms. The van der Waals surface area contributed by atoms with Gasteiger partial charge in [-0.2, -0.15) is 9.61 Å². The Hall–Kier alpha value is -3.20. The van der Waals surface area contributed by atoms with Crippen molar-refractivity contribution in [2.45, 2.75) is 37.4 Å². The zero-order chi connectivity index (χ0) is 21.4. The maximum absolute atomic E-state index is 13.3. The predicted molar refractivity (Wildman–Crippen MR) is 118 cm³/mol. The second-order valence-electron chi connectivity index (χ2n) is 8.04. The van der Waals surface area contributed by atoms with Gasteiger partial charge in [0.05, 0.1) is 24.4 Å². The molecule has 2 fully saturated rings. The van der Waals surface area contributed by atoms with E-state index in [0.29, 0.717) is 36.1 Å². The number of hydrogen-bond donors (Lipinski definition) is 3. The Morgan fingerprint density at radius 1 is 1.29 bits per heavy atom. The quantitative estimate of drug-likeness (QED) is 0.536. The van der Waals surface area contributed by atoms with Crippen LogP contribution in [-0.4, -0.2) is 52.1 Å². The molecular formula is C22H26FN7O. The van der Waals surface area contributed by atoms with E-state index in [4.69, 9.17) is 14.7 Å². The standard InChI is InChI=1S/C22H26FN7O/c1-13(26-18-9-16(18)23)15-11-25-30-21(24-2)10-20(29-22(15)30)28-19-7-3-6-17(27-19)14-5-4-8-31-12-14/h3,6-7,10-11,14,16,18,24,26H,1,4-5,8-9,12H2,2H3,(H,27,28,29)/t14-,16+,18-/m0/s1. The zero-order valence-electron chi connectivity index (χ0n) is 17.4. The van der Waals surface area contributed by atoms with Gasteiger partial charge in [0.1, 0.15) is 23.6 Å². The summed E-state index contributed by atoms with van der Waals surface area (Å²) in [4.78, 5) is 9.52. The van der Waals surface area contributed by atoms with Crippen molar-refractivity contribution in [2.24, 2.45) is 0 Å². The summed E-state index contributed by atoms with van der Waals surface area (Å²) in [5.41, 5.74) is 3.00. The van der Waals surface area contributed by atoms with Crippen molar-refractivity contribution in [3.05, 3.63) is 48.3 Å². The second-order valence-corrected chi connectivity index (χ2v) is 8.04. The van der Waals surface area contributed by atoms with Gasteiger partial charge in [-0.25, -0.2) is 14.4 Å². The van der Waals surface area contributed by atoms with Crippen LogP contribution >= 0.6 is 0 Å². The third kappa shape index (κ3) is 4.05. The lowest BCUT2D eigenvalue weighted by molar-refractivity contribution is 0.0793. The van der Waals surface area contributed by atoms with Crippen molar-refractivity contribution in [1.29, 1.82) is 0 Å². The largest absolute Gasteiger partial charge is 0.381 e. The number of pyridine rings is 1. The lowest BCUT2D eigenvalue weighted by Crippen LogP contribution is -2.17. The Morgan fingerprint density at radius 2 is 2.16 bits per heavy atom. The Balaban J connectivity index is 1.43. The van der Waals surface area contributed by atoms with E-state index < -0.39 is 6.17 Å². The van der Waals surface area contributed by atoms with Crippen molar-refractivity contribution < 1.29 is 9.13 Å². The normalized spacial score (nSPS) is 22.8. The van der Waals surface area contributed by atoms with Crippen molar-refractivity contribution >= 4 is 28.8 Å². The highest BCUT2D eigenvalue weighted by Crippen LogP contribution is 2.30. The average Bonchev–Trinajstić information content (AvgIpc) is 3.31. The molecule has 0 radical (unpaired) electrons. The summed E-state index contributed by atoms with van der Waals surface area (Å²) in [5.74, 6) is 2.43. The van der Waals surface area contributed by atoms with Crippen LogP contribution in [0.5, 0.6) is 0 Å². The first-order valence-electron chi connectivity index (χ1n) is 10.6. The van der Waals surface area contributed by atoms with Gasteiger partial charge in [0.25, 0.3) is 0 Å². The van der Waals surface area contributed by atoms with Crippen molar-refractivity contribution in [3.63, 3.8) is 0 Å². The number of ether oxygens (including phenoxy) is 1. The third-order valence-electron chi connectivity index (χ3n) is 5.73. The number of anilines is 3. The maximum atomic E-state index is 13.3. The molecule has 162 valence electrons. The number of rotatable bonds is 7. The molecule has 3 aromatic heterocycles. The lowest BCUT2D eigenvalue weighted by Gasteiger charge is -2.22. The molecule has 4 heterocycles. The van der Waals surface area contributed by atoms with E-state index in [1.165, 1.54) is 0 Å². The van der Waals surface area contributed by atoms with Crippen molar-refractivity contribution in [1.82, 2.24) is 24.9 Å². The van der Waals surface area contributed by atoms with Crippen LogP contribution in [0.4, 0.5) is 21.8 Å². The summed E-state index contributed by atoms with van der Waals surface area (Å²) in [6.07, 6.45) is 3.53. The van der Waals surface area contributed by atoms with Gasteiger partial charge in [-0.05, 0) is 25.0 Å². The summed E-state index contributed by atoms with van der Waals surface area (Å²) < 4.78 is 20.6. The van der Waals surface area contributed by atoms with E-state index >= 15 is 0 Å².